The molecule has 158 valence electrons. The van der Waals surface area contributed by atoms with E-state index in [9.17, 15) is 24.3 Å². The molecule has 0 radical (unpaired) electrons. The average molecular weight is 410 g/mol. The minimum Gasteiger partial charge on any atom is -0.479 e. The van der Waals surface area contributed by atoms with E-state index in [0.29, 0.717) is 12.0 Å². The molecule has 29 heavy (non-hydrogen) atoms. The fraction of sp³-hybridized carbons (Fsp3) is 0.444. The monoisotopic (exact) mass is 410 g/mol. The van der Waals surface area contributed by atoms with Crippen molar-refractivity contribution in [3.8, 4) is 5.75 Å². The molecule has 0 aromatic heterocycles. The number of aliphatic carboxylic acids is 1. The highest BCUT2D eigenvalue weighted by Gasteiger charge is 2.34. The molecule has 1 aromatic carbocycles. The first-order valence-corrected chi connectivity index (χ1v) is 8.74. The summed E-state index contributed by atoms with van der Waals surface area (Å²) < 4.78 is 16.0. The molecule has 1 fully saturated rings. The van der Waals surface area contributed by atoms with Crippen LogP contribution in [0, 0.1) is 0 Å². The Morgan fingerprint density at radius 3 is 2.72 bits per heavy atom. The molecule has 2 amide bonds. The number of ether oxygens (including phenoxy) is 3. The molecule has 1 aliphatic rings. The van der Waals surface area contributed by atoms with Gasteiger partial charge in [-0.2, -0.15) is 0 Å². The molecule has 0 bridgehead atoms. The van der Waals surface area contributed by atoms with Gasteiger partial charge in [0.25, 0.3) is 0 Å². The Balaban J connectivity index is 2.20. The Kier molecular flexibility index (Phi) is 7.92. The summed E-state index contributed by atoms with van der Waals surface area (Å²) in [5, 5.41) is 23.8. The van der Waals surface area contributed by atoms with Crippen molar-refractivity contribution in [2.75, 3.05) is 11.9 Å². The van der Waals surface area contributed by atoms with Gasteiger partial charge in [-0.05, 0) is 17.7 Å². The van der Waals surface area contributed by atoms with Crippen LogP contribution in [0.1, 0.15) is 25.3 Å². The minimum absolute atomic E-state index is 0.0258. The standard InChI is InChI=1S/C18H22N2O9/c1-10(22)27-8-11-2-3-13(20-16(24)7-19-9-21)14(4-11)28-17-6-12(23)5-15(29-17)18(25)26/h2-4,9,12,15,17,23H,5-8H2,1H3,(H,19,21)(H,20,24)(H,25,26)/t12?,15-,17?/m0/s1. The third kappa shape index (κ3) is 7.05. The van der Waals surface area contributed by atoms with Crippen LogP contribution in [0.4, 0.5) is 5.69 Å². The van der Waals surface area contributed by atoms with Crippen LogP contribution in [0.25, 0.3) is 0 Å². The van der Waals surface area contributed by atoms with Crippen molar-refractivity contribution in [3.63, 3.8) is 0 Å². The van der Waals surface area contributed by atoms with E-state index in [0.717, 1.165) is 0 Å². The lowest BCUT2D eigenvalue weighted by molar-refractivity contribution is -0.195. The van der Waals surface area contributed by atoms with E-state index in [-0.39, 0.29) is 37.4 Å². The summed E-state index contributed by atoms with van der Waals surface area (Å²) in [7, 11) is 0. The fourth-order valence-electron chi connectivity index (χ4n) is 2.61. The van der Waals surface area contributed by atoms with E-state index in [4.69, 9.17) is 19.3 Å². The predicted molar refractivity (Wildman–Crippen MR) is 96.8 cm³/mol. The first-order chi connectivity index (χ1) is 13.8. The highest BCUT2D eigenvalue weighted by atomic mass is 16.7. The van der Waals surface area contributed by atoms with E-state index < -0.39 is 36.3 Å². The lowest BCUT2D eigenvalue weighted by Crippen LogP contribution is -2.42. The molecule has 1 heterocycles. The maximum absolute atomic E-state index is 11.9. The number of carbonyl (C=O) groups excluding carboxylic acids is 3. The van der Waals surface area contributed by atoms with E-state index in [1.807, 2.05) is 0 Å². The van der Waals surface area contributed by atoms with Crippen molar-refractivity contribution in [2.45, 2.75) is 44.9 Å². The molecule has 1 aliphatic heterocycles. The molecule has 1 saturated heterocycles. The Labute approximate surface area is 165 Å². The van der Waals surface area contributed by atoms with Crippen molar-refractivity contribution < 1.29 is 43.6 Å². The zero-order valence-electron chi connectivity index (χ0n) is 15.6. The van der Waals surface area contributed by atoms with Gasteiger partial charge in [0.2, 0.25) is 18.6 Å². The number of aliphatic hydroxyl groups excluding tert-OH is 1. The number of hydrogen-bond acceptors (Lipinski definition) is 8. The summed E-state index contributed by atoms with van der Waals surface area (Å²) in [4.78, 5) is 44.4. The van der Waals surface area contributed by atoms with Crippen LogP contribution in [-0.4, -0.2) is 59.5 Å². The lowest BCUT2D eigenvalue weighted by atomic mass is 10.1. The maximum atomic E-state index is 11.9. The second-order valence-corrected chi connectivity index (χ2v) is 6.29. The number of amides is 2. The molecule has 2 rings (SSSR count). The summed E-state index contributed by atoms with van der Waals surface area (Å²) in [5.74, 6) is -2.11. The van der Waals surface area contributed by atoms with Crippen molar-refractivity contribution >= 4 is 29.9 Å². The molecule has 3 atom stereocenters. The van der Waals surface area contributed by atoms with Gasteiger partial charge in [0.05, 0.1) is 18.3 Å². The quantitative estimate of drug-likeness (QED) is 0.318. The number of nitrogens with one attached hydrogen (secondary N) is 2. The summed E-state index contributed by atoms with van der Waals surface area (Å²) in [6.07, 6.45) is -2.91. The largest absolute Gasteiger partial charge is 0.479 e. The number of hydrogen-bond donors (Lipinski definition) is 4. The lowest BCUT2D eigenvalue weighted by Gasteiger charge is -2.31. The zero-order chi connectivity index (χ0) is 21.4. The van der Waals surface area contributed by atoms with Crippen LogP contribution >= 0.6 is 0 Å². The van der Waals surface area contributed by atoms with Gasteiger partial charge in [-0.15, -0.1) is 0 Å². The van der Waals surface area contributed by atoms with Gasteiger partial charge < -0.3 is 35.1 Å². The van der Waals surface area contributed by atoms with Crippen molar-refractivity contribution in [1.29, 1.82) is 0 Å². The van der Waals surface area contributed by atoms with Crippen molar-refractivity contribution in [2.24, 2.45) is 0 Å². The summed E-state index contributed by atoms with van der Waals surface area (Å²) in [5.41, 5.74) is 0.773. The highest BCUT2D eigenvalue weighted by Crippen LogP contribution is 2.30. The third-order valence-electron chi connectivity index (χ3n) is 3.91. The normalized spacial score (nSPS) is 21.0. The molecule has 1 aromatic rings. The molecule has 0 aliphatic carbocycles. The topological polar surface area (TPSA) is 160 Å². The van der Waals surface area contributed by atoms with Crippen molar-refractivity contribution in [3.05, 3.63) is 23.8 Å². The van der Waals surface area contributed by atoms with Gasteiger partial charge in [0.15, 0.2) is 6.10 Å². The Morgan fingerprint density at radius 1 is 1.31 bits per heavy atom. The van der Waals surface area contributed by atoms with Crippen LogP contribution in [0.2, 0.25) is 0 Å². The highest BCUT2D eigenvalue weighted by molar-refractivity contribution is 5.94. The van der Waals surface area contributed by atoms with Crippen LogP contribution in [0.5, 0.6) is 5.75 Å². The number of esters is 1. The third-order valence-corrected chi connectivity index (χ3v) is 3.91. The number of carboxylic acids is 1. The first kappa shape index (κ1) is 22.1. The Hall–Kier alpha value is -3.18. The molecule has 0 saturated carbocycles. The smallest absolute Gasteiger partial charge is 0.333 e. The van der Waals surface area contributed by atoms with Gasteiger partial charge in [-0.3, -0.25) is 14.4 Å². The Morgan fingerprint density at radius 2 is 2.07 bits per heavy atom. The summed E-state index contributed by atoms with van der Waals surface area (Å²) >= 11 is 0. The Bertz CT molecular complexity index is 768. The van der Waals surface area contributed by atoms with Crippen LogP contribution in [-0.2, 0) is 35.3 Å². The molecule has 4 N–H and O–H groups in total. The molecule has 2 unspecified atom stereocenters. The second-order valence-electron chi connectivity index (χ2n) is 6.29. The van der Waals surface area contributed by atoms with Gasteiger partial charge >= 0.3 is 11.9 Å². The number of carbonyl (C=O) groups is 4. The minimum atomic E-state index is -1.23. The summed E-state index contributed by atoms with van der Waals surface area (Å²) in [6, 6.07) is 4.59. The van der Waals surface area contributed by atoms with Crippen molar-refractivity contribution in [1.82, 2.24) is 5.32 Å². The summed E-state index contributed by atoms with van der Waals surface area (Å²) in [6.45, 7) is 0.950. The van der Waals surface area contributed by atoms with Crippen LogP contribution in [0.15, 0.2) is 18.2 Å². The average Bonchev–Trinajstić information content (AvgIpc) is 2.66. The fourth-order valence-corrected chi connectivity index (χ4v) is 2.61. The van der Waals surface area contributed by atoms with E-state index in [2.05, 4.69) is 10.6 Å². The van der Waals surface area contributed by atoms with E-state index in [1.165, 1.54) is 19.1 Å². The van der Waals surface area contributed by atoms with Crippen LogP contribution < -0.4 is 15.4 Å². The van der Waals surface area contributed by atoms with Gasteiger partial charge in [-0.25, -0.2) is 4.79 Å². The van der Waals surface area contributed by atoms with Gasteiger partial charge in [0.1, 0.15) is 12.4 Å². The number of rotatable bonds is 9. The molecular weight excluding hydrogens is 388 g/mol. The second kappa shape index (κ2) is 10.4. The van der Waals surface area contributed by atoms with E-state index >= 15 is 0 Å². The first-order valence-electron chi connectivity index (χ1n) is 8.74. The number of carboxylic acid groups (broad SMARTS) is 1. The van der Waals surface area contributed by atoms with Gasteiger partial charge in [-0.1, -0.05) is 6.07 Å². The number of anilines is 1. The molecule has 11 heteroatoms. The van der Waals surface area contributed by atoms with Gasteiger partial charge in [0, 0.05) is 19.8 Å². The molecular formula is C18H22N2O9. The predicted octanol–water partition coefficient (Wildman–Crippen LogP) is -0.236. The number of benzene rings is 1. The zero-order valence-corrected chi connectivity index (χ0v) is 15.6. The SMILES string of the molecule is CC(=O)OCc1ccc(NC(=O)CNC=O)c(OC2CC(O)C[C@@H](C(=O)O)O2)c1. The molecule has 0 spiro atoms. The maximum Gasteiger partial charge on any atom is 0.333 e. The van der Waals surface area contributed by atoms with E-state index in [1.54, 1.807) is 6.07 Å². The number of aliphatic hydroxyl groups is 1. The molecule has 11 nitrogen and oxygen atoms in total. The van der Waals surface area contributed by atoms with Crippen LogP contribution in [0.3, 0.4) is 0 Å².